The molecular weight excluding hydrogens is 909 g/mol. The number of nitrogens with zero attached hydrogens (tertiary/aromatic N) is 1. The van der Waals surface area contributed by atoms with Gasteiger partial charge in [-0.15, -0.1) is 0 Å². The van der Waals surface area contributed by atoms with Crippen molar-refractivity contribution in [2.24, 2.45) is 0 Å². The van der Waals surface area contributed by atoms with Crippen LogP contribution < -0.4 is 0 Å². The fraction of sp³-hybridized carbons (Fsp3) is 0.705. The standard InChI is InChI=1S/C44H70INO15/c1-46(44(47)61-38-43-41-8-4-2-6-39(41)40-7-3-5-9-42(40)43)11-13-49-15-17-51-19-21-53-23-25-55-27-29-57-31-33-59-35-37-60-36-34-58-32-30-56-28-26-54-24-22-52-20-18-50-16-14-48-12-10-45/h2-9,43H,10-38H2,1H3. The monoisotopic (exact) mass is 979 g/mol. The fourth-order valence-electron chi connectivity index (χ4n) is 5.79. The summed E-state index contributed by atoms with van der Waals surface area (Å²) >= 11 is 2.28. The second kappa shape index (κ2) is 38.4. The van der Waals surface area contributed by atoms with E-state index in [-0.39, 0.29) is 12.0 Å². The topological polar surface area (TPSA) is 150 Å². The average molecular weight is 980 g/mol. The Hall–Kier alpha value is -2.08. The normalized spacial score (nSPS) is 12.2. The summed E-state index contributed by atoms with van der Waals surface area (Å²) in [6, 6.07) is 16.6. The molecule has 0 aliphatic heterocycles. The molecule has 0 unspecified atom stereocenters. The molecule has 0 bridgehead atoms. The minimum Gasteiger partial charge on any atom is -0.448 e. The van der Waals surface area contributed by atoms with Crippen molar-refractivity contribution < 1.29 is 71.1 Å². The highest BCUT2D eigenvalue weighted by Gasteiger charge is 2.29. The van der Waals surface area contributed by atoms with Gasteiger partial charge in [-0.05, 0) is 22.3 Å². The van der Waals surface area contributed by atoms with E-state index in [9.17, 15) is 4.79 Å². The summed E-state index contributed by atoms with van der Waals surface area (Å²) in [5, 5.41) is 0. The van der Waals surface area contributed by atoms with Crippen molar-refractivity contribution in [2.75, 3.05) is 196 Å². The number of carbonyl (C=O) groups excluding carboxylic acids is 1. The number of amides is 1. The molecule has 2 aromatic carbocycles. The number of hydrogen-bond donors (Lipinski definition) is 0. The van der Waals surface area contributed by atoms with Gasteiger partial charge >= 0.3 is 6.09 Å². The molecular formula is C44H70INO15. The van der Waals surface area contributed by atoms with Crippen molar-refractivity contribution in [3.05, 3.63) is 59.7 Å². The van der Waals surface area contributed by atoms with Crippen LogP contribution in [0.1, 0.15) is 17.0 Å². The summed E-state index contributed by atoms with van der Waals surface area (Å²) in [7, 11) is 1.71. The Bertz CT molecular complexity index is 1290. The van der Waals surface area contributed by atoms with Gasteiger partial charge in [0.2, 0.25) is 0 Å². The first-order chi connectivity index (χ1) is 30.2. The van der Waals surface area contributed by atoms with Crippen LogP contribution in [0.2, 0.25) is 0 Å². The Morgan fingerprint density at radius 1 is 0.426 bits per heavy atom. The number of halogens is 1. The Morgan fingerprint density at radius 3 is 0.984 bits per heavy atom. The highest BCUT2D eigenvalue weighted by molar-refractivity contribution is 14.1. The van der Waals surface area contributed by atoms with Crippen molar-refractivity contribution in [3.63, 3.8) is 0 Å². The van der Waals surface area contributed by atoms with Gasteiger partial charge in [0.1, 0.15) is 6.61 Å². The Balaban J connectivity index is 0.935. The number of carbonyl (C=O) groups is 1. The molecule has 1 aliphatic carbocycles. The molecule has 17 heteroatoms. The lowest BCUT2D eigenvalue weighted by atomic mass is 9.98. The SMILES string of the molecule is CN(CCOCCOCCOCCOCCOCCOCCOCCOCCOCCOCCOCCOCCOCCI)C(=O)OCC1c2ccccc2-c2ccccc21. The van der Waals surface area contributed by atoms with Crippen molar-refractivity contribution in [2.45, 2.75) is 5.92 Å². The van der Waals surface area contributed by atoms with Gasteiger partial charge in [-0.3, -0.25) is 0 Å². The second-order valence-corrected chi connectivity index (χ2v) is 14.5. The van der Waals surface area contributed by atoms with E-state index < -0.39 is 0 Å². The molecule has 348 valence electrons. The summed E-state index contributed by atoms with van der Waals surface area (Å²) in [6.07, 6.45) is -0.366. The van der Waals surface area contributed by atoms with Crippen molar-refractivity contribution >= 4 is 28.7 Å². The molecule has 0 N–H and O–H groups in total. The molecule has 0 spiro atoms. The molecule has 0 radical (unpaired) electrons. The molecule has 0 fully saturated rings. The van der Waals surface area contributed by atoms with Gasteiger partial charge in [-0.1, -0.05) is 71.1 Å². The molecule has 0 saturated carbocycles. The van der Waals surface area contributed by atoms with Crippen LogP contribution in [0.25, 0.3) is 11.1 Å². The van der Waals surface area contributed by atoms with E-state index in [0.717, 1.165) is 11.0 Å². The maximum Gasteiger partial charge on any atom is 0.409 e. The molecule has 0 heterocycles. The van der Waals surface area contributed by atoms with Gasteiger partial charge in [-0.2, -0.15) is 0 Å². The third-order valence-corrected chi connectivity index (χ3v) is 9.34. The van der Waals surface area contributed by atoms with E-state index in [4.69, 9.17) is 66.3 Å². The minimum absolute atomic E-state index is 0.0361. The van der Waals surface area contributed by atoms with E-state index in [1.807, 2.05) is 24.3 Å². The lowest BCUT2D eigenvalue weighted by Crippen LogP contribution is -2.32. The number of benzene rings is 2. The van der Waals surface area contributed by atoms with E-state index in [2.05, 4.69) is 46.9 Å². The van der Waals surface area contributed by atoms with Crippen LogP contribution in [0.4, 0.5) is 4.79 Å². The number of ether oxygens (including phenoxy) is 14. The number of rotatable bonds is 43. The van der Waals surface area contributed by atoms with E-state index >= 15 is 0 Å². The van der Waals surface area contributed by atoms with Crippen LogP contribution in [-0.4, -0.2) is 207 Å². The van der Waals surface area contributed by atoms with Crippen LogP contribution in [0.5, 0.6) is 0 Å². The van der Waals surface area contributed by atoms with Gasteiger partial charge in [0.25, 0.3) is 0 Å². The van der Waals surface area contributed by atoms with Gasteiger partial charge in [0.05, 0.1) is 172 Å². The van der Waals surface area contributed by atoms with Crippen molar-refractivity contribution in [1.29, 1.82) is 0 Å². The fourth-order valence-corrected chi connectivity index (χ4v) is 6.10. The third kappa shape index (κ3) is 26.3. The molecule has 1 amide bonds. The first kappa shape index (κ1) is 53.3. The molecule has 16 nitrogen and oxygen atoms in total. The molecule has 2 aromatic rings. The maximum absolute atomic E-state index is 12.6. The zero-order chi connectivity index (χ0) is 43.1. The first-order valence-electron chi connectivity index (χ1n) is 21.3. The summed E-state index contributed by atoms with van der Waals surface area (Å²) in [6.45, 7) is 14.0. The van der Waals surface area contributed by atoms with Gasteiger partial charge in [0, 0.05) is 23.9 Å². The van der Waals surface area contributed by atoms with Crippen molar-refractivity contribution in [3.8, 4) is 11.1 Å². The Morgan fingerprint density at radius 2 is 0.689 bits per heavy atom. The summed E-state index contributed by atoms with van der Waals surface area (Å²) in [5.41, 5.74) is 4.79. The van der Waals surface area contributed by atoms with E-state index in [0.29, 0.717) is 178 Å². The summed E-state index contributed by atoms with van der Waals surface area (Å²) < 4.78 is 78.1. The molecule has 0 saturated heterocycles. The van der Waals surface area contributed by atoms with Gasteiger partial charge in [0.15, 0.2) is 0 Å². The lowest BCUT2D eigenvalue weighted by Gasteiger charge is -2.19. The average Bonchev–Trinajstić information content (AvgIpc) is 3.60. The van der Waals surface area contributed by atoms with Crippen molar-refractivity contribution in [1.82, 2.24) is 4.90 Å². The Kier molecular flexibility index (Phi) is 33.5. The largest absolute Gasteiger partial charge is 0.448 e. The molecule has 0 atom stereocenters. The minimum atomic E-state index is -0.366. The smallest absolute Gasteiger partial charge is 0.409 e. The van der Waals surface area contributed by atoms with Crippen LogP contribution in [0.3, 0.4) is 0 Å². The van der Waals surface area contributed by atoms with Crippen LogP contribution in [0.15, 0.2) is 48.5 Å². The van der Waals surface area contributed by atoms with Crippen LogP contribution >= 0.6 is 22.6 Å². The molecule has 3 rings (SSSR count). The number of likely N-dealkylation sites (N-methyl/N-ethyl adjacent to an activating group) is 1. The highest BCUT2D eigenvalue weighted by atomic mass is 127. The first-order valence-corrected chi connectivity index (χ1v) is 22.9. The van der Waals surface area contributed by atoms with Gasteiger partial charge in [-0.25, -0.2) is 4.79 Å². The van der Waals surface area contributed by atoms with Crippen LogP contribution in [0, 0.1) is 0 Å². The van der Waals surface area contributed by atoms with Gasteiger partial charge < -0.3 is 71.2 Å². The number of alkyl halides is 1. The Labute approximate surface area is 376 Å². The quantitative estimate of drug-likeness (QED) is 0.0521. The van der Waals surface area contributed by atoms with Crippen LogP contribution in [-0.2, 0) is 66.3 Å². The van der Waals surface area contributed by atoms with E-state index in [1.165, 1.54) is 27.2 Å². The molecule has 61 heavy (non-hydrogen) atoms. The lowest BCUT2D eigenvalue weighted by molar-refractivity contribution is -0.0290. The van der Waals surface area contributed by atoms with E-state index in [1.54, 1.807) is 7.05 Å². The highest BCUT2D eigenvalue weighted by Crippen LogP contribution is 2.44. The summed E-state index contributed by atoms with van der Waals surface area (Å²) in [5.74, 6) is 0.0361. The number of fused-ring (bicyclic) bond motifs is 3. The maximum atomic E-state index is 12.6. The summed E-state index contributed by atoms with van der Waals surface area (Å²) in [4.78, 5) is 14.2. The zero-order valence-electron chi connectivity index (χ0n) is 36.2. The predicted molar refractivity (Wildman–Crippen MR) is 237 cm³/mol. The predicted octanol–water partition coefficient (Wildman–Crippen LogP) is 4.52. The third-order valence-electron chi connectivity index (χ3n) is 8.90. The molecule has 1 aliphatic rings. The zero-order valence-corrected chi connectivity index (χ0v) is 38.3. The number of hydrogen-bond acceptors (Lipinski definition) is 15. The second-order valence-electron chi connectivity index (χ2n) is 13.4. The molecule has 0 aromatic heterocycles.